The standard InChI is InChI=1S/C22H21N3O3S/c1-2-28-16-12-14(11-15(23)21(16)26)20-18(17-9-6-10-29-17)19(24-22(27)25-20)13-7-4-3-5-8-13/h3-12,20,26H,2,23H2,1H3,(H2,24,25,27). The highest BCUT2D eigenvalue weighted by molar-refractivity contribution is 7.11. The number of thiophene rings is 1. The molecule has 0 aliphatic carbocycles. The lowest BCUT2D eigenvalue weighted by atomic mass is 9.91. The lowest BCUT2D eigenvalue weighted by molar-refractivity contribution is 0.242. The van der Waals surface area contributed by atoms with Crippen molar-refractivity contribution in [3.05, 3.63) is 76.0 Å². The molecule has 0 fully saturated rings. The number of benzene rings is 2. The quantitative estimate of drug-likeness (QED) is 0.373. The van der Waals surface area contributed by atoms with Gasteiger partial charge in [-0.05, 0) is 41.6 Å². The third-order valence-corrected chi connectivity index (χ3v) is 5.58. The van der Waals surface area contributed by atoms with Crippen LogP contribution in [0.2, 0.25) is 0 Å². The number of nitrogen functional groups attached to an aromatic ring is 1. The molecule has 0 radical (unpaired) electrons. The second kappa shape index (κ2) is 7.89. The van der Waals surface area contributed by atoms with Crippen molar-refractivity contribution >= 4 is 34.3 Å². The van der Waals surface area contributed by atoms with E-state index in [0.29, 0.717) is 12.4 Å². The lowest BCUT2D eigenvalue weighted by Gasteiger charge is -2.31. The van der Waals surface area contributed by atoms with E-state index in [-0.39, 0.29) is 17.5 Å². The molecule has 2 amide bonds. The van der Waals surface area contributed by atoms with Gasteiger partial charge in [-0.15, -0.1) is 11.3 Å². The van der Waals surface area contributed by atoms with E-state index in [9.17, 15) is 9.90 Å². The van der Waals surface area contributed by atoms with Crippen molar-refractivity contribution in [3.8, 4) is 11.5 Å². The van der Waals surface area contributed by atoms with E-state index < -0.39 is 6.04 Å². The lowest BCUT2D eigenvalue weighted by Crippen LogP contribution is -2.42. The first-order valence-corrected chi connectivity index (χ1v) is 10.1. The Bertz CT molecular complexity index is 1060. The molecule has 1 aliphatic heterocycles. The molecule has 0 saturated heterocycles. The van der Waals surface area contributed by atoms with Crippen LogP contribution in [0.4, 0.5) is 10.5 Å². The molecule has 2 heterocycles. The fourth-order valence-electron chi connectivity index (χ4n) is 3.43. The first kappa shape index (κ1) is 18.9. The molecule has 1 aromatic heterocycles. The summed E-state index contributed by atoms with van der Waals surface area (Å²) < 4.78 is 5.54. The van der Waals surface area contributed by atoms with Crippen molar-refractivity contribution in [2.24, 2.45) is 0 Å². The van der Waals surface area contributed by atoms with Gasteiger partial charge < -0.3 is 26.2 Å². The minimum Gasteiger partial charge on any atom is -0.503 e. The molecule has 1 aliphatic rings. The number of hydrogen-bond donors (Lipinski definition) is 4. The molecule has 6 nitrogen and oxygen atoms in total. The zero-order valence-corrected chi connectivity index (χ0v) is 16.6. The summed E-state index contributed by atoms with van der Waals surface area (Å²) in [6.07, 6.45) is 0. The molecular formula is C22H21N3O3S. The SMILES string of the molecule is CCOc1cc(C2NC(=O)NC(c3ccccc3)=C2c2cccs2)cc(N)c1O. The van der Waals surface area contributed by atoms with Crippen LogP contribution in [0.25, 0.3) is 11.3 Å². The average Bonchev–Trinajstić information content (AvgIpc) is 3.26. The van der Waals surface area contributed by atoms with E-state index in [4.69, 9.17) is 10.5 Å². The predicted molar refractivity (Wildman–Crippen MR) is 116 cm³/mol. The average molecular weight is 407 g/mol. The van der Waals surface area contributed by atoms with E-state index in [0.717, 1.165) is 27.3 Å². The molecule has 2 aromatic carbocycles. The Morgan fingerprint density at radius 1 is 1.17 bits per heavy atom. The molecule has 0 saturated carbocycles. The Hall–Kier alpha value is -3.45. The number of carbonyl (C=O) groups is 1. The fraction of sp³-hybridized carbons (Fsp3) is 0.136. The summed E-state index contributed by atoms with van der Waals surface area (Å²) in [5, 5.41) is 18.2. The zero-order chi connectivity index (χ0) is 20.4. The van der Waals surface area contributed by atoms with Gasteiger partial charge in [0.2, 0.25) is 0 Å². The first-order chi connectivity index (χ1) is 14.1. The number of nitrogens with two attached hydrogens (primary N) is 1. The number of anilines is 1. The number of rotatable bonds is 5. The van der Waals surface area contributed by atoms with Crippen molar-refractivity contribution in [1.29, 1.82) is 0 Å². The largest absolute Gasteiger partial charge is 0.503 e. The number of carbonyl (C=O) groups excluding carboxylic acids is 1. The molecule has 0 bridgehead atoms. The molecule has 5 N–H and O–H groups in total. The summed E-state index contributed by atoms with van der Waals surface area (Å²) in [6, 6.07) is 16.3. The van der Waals surface area contributed by atoms with Gasteiger partial charge in [0.1, 0.15) is 0 Å². The van der Waals surface area contributed by atoms with Gasteiger partial charge in [0.15, 0.2) is 11.5 Å². The third kappa shape index (κ3) is 3.64. The summed E-state index contributed by atoms with van der Waals surface area (Å²) in [4.78, 5) is 13.6. The van der Waals surface area contributed by atoms with E-state index in [1.807, 2.05) is 54.8 Å². The summed E-state index contributed by atoms with van der Waals surface area (Å²) >= 11 is 1.59. The minimum atomic E-state index is -0.459. The Balaban J connectivity index is 1.93. The second-order valence-corrected chi connectivity index (χ2v) is 7.50. The van der Waals surface area contributed by atoms with Gasteiger partial charge in [-0.1, -0.05) is 36.4 Å². The van der Waals surface area contributed by atoms with Gasteiger partial charge in [0, 0.05) is 10.5 Å². The maximum Gasteiger partial charge on any atom is 0.320 e. The number of ether oxygens (including phenoxy) is 1. The Labute approximate surface area is 172 Å². The van der Waals surface area contributed by atoms with E-state index in [2.05, 4.69) is 10.6 Å². The number of hydrogen-bond acceptors (Lipinski definition) is 5. The van der Waals surface area contributed by atoms with Gasteiger partial charge in [-0.2, -0.15) is 0 Å². The molecule has 29 heavy (non-hydrogen) atoms. The van der Waals surface area contributed by atoms with Gasteiger partial charge in [-0.25, -0.2) is 4.79 Å². The second-order valence-electron chi connectivity index (χ2n) is 6.55. The van der Waals surface area contributed by atoms with Gasteiger partial charge in [0.25, 0.3) is 0 Å². The molecule has 3 aromatic rings. The summed E-state index contributed by atoms with van der Waals surface area (Å²) in [7, 11) is 0. The van der Waals surface area contributed by atoms with E-state index in [1.54, 1.807) is 23.5 Å². The summed E-state index contributed by atoms with van der Waals surface area (Å²) in [5.74, 6) is 0.197. The van der Waals surface area contributed by atoms with Crippen LogP contribution in [0.3, 0.4) is 0 Å². The number of aromatic hydroxyl groups is 1. The molecule has 0 spiro atoms. The summed E-state index contributed by atoms with van der Waals surface area (Å²) in [6.45, 7) is 2.22. The topological polar surface area (TPSA) is 96.6 Å². The van der Waals surface area contributed by atoms with Gasteiger partial charge in [-0.3, -0.25) is 0 Å². The molecular weight excluding hydrogens is 386 g/mol. The van der Waals surface area contributed by atoms with Crippen LogP contribution in [0.1, 0.15) is 29.0 Å². The van der Waals surface area contributed by atoms with Crippen molar-refractivity contribution in [1.82, 2.24) is 10.6 Å². The van der Waals surface area contributed by atoms with Gasteiger partial charge in [0.05, 0.1) is 24.0 Å². The van der Waals surface area contributed by atoms with E-state index in [1.165, 1.54) is 0 Å². The number of amides is 2. The van der Waals surface area contributed by atoms with Crippen molar-refractivity contribution in [3.63, 3.8) is 0 Å². The van der Waals surface area contributed by atoms with Crippen LogP contribution in [0, 0.1) is 0 Å². The molecule has 4 rings (SSSR count). The molecule has 148 valence electrons. The molecule has 1 unspecified atom stereocenters. The highest BCUT2D eigenvalue weighted by Crippen LogP contribution is 2.43. The highest BCUT2D eigenvalue weighted by Gasteiger charge is 2.31. The maximum absolute atomic E-state index is 12.5. The number of phenols is 1. The predicted octanol–water partition coefficient (Wildman–Crippen LogP) is 4.36. The maximum atomic E-state index is 12.5. The third-order valence-electron chi connectivity index (χ3n) is 4.68. The monoisotopic (exact) mass is 407 g/mol. The Kier molecular flexibility index (Phi) is 5.14. The summed E-state index contributed by atoms with van der Waals surface area (Å²) in [5.41, 5.74) is 9.54. The minimum absolute atomic E-state index is 0.0965. The molecule has 1 atom stereocenters. The number of nitrogens with one attached hydrogen (secondary N) is 2. The highest BCUT2D eigenvalue weighted by atomic mass is 32.1. The first-order valence-electron chi connectivity index (χ1n) is 9.24. The van der Waals surface area contributed by atoms with Crippen molar-refractivity contribution < 1.29 is 14.6 Å². The van der Waals surface area contributed by atoms with Crippen molar-refractivity contribution in [2.45, 2.75) is 13.0 Å². The number of urea groups is 1. The number of phenolic OH excluding ortho intramolecular Hbond substituents is 1. The van der Waals surface area contributed by atoms with Crippen LogP contribution in [0.15, 0.2) is 60.0 Å². The Morgan fingerprint density at radius 2 is 1.97 bits per heavy atom. The van der Waals surface area contributed by atoms with E-state index >= 15 is 0 Å². The normalized spacial score (nSPS) is 16.3. The van der Waals surface area contributed by atoms with Crippen LogP contribution in [-0.2, 0) is 0 Å². The van der Waals surface area contributed by atoms with Gasteiger partial charge >= 0.3 is 6.03 Å². The van der Waals surface area contributed by atoms with Crippen LogP contribution < -0.4 is 21.1 Å². The van der Waals surface area contributed by atoms with Crippen LogP contribution in [0.5, 0.6) is 11.5 Å². The van der Waals surface area contributed by atoms with Crippen LogP contribution in [-0.4, -0.2) is 17.7 Å². The van der Waals surface area contributed by atoms with Crippen LogP contribution >= 0.6 is 11.3 Å². The zero-order valence-electron chi connectivity index (χ0n) is 15.8. The Morgan fingerprint density at radius 3 is 2.66 bits per heavy atom. The smallest absolute Gasteiger partial charge is 0.320 e. The fourth-order valence-corrected chi connectivity index (χ4v) is 4.24. The molecule has 7 heteroatoms. The van der Waals surface area contributed by atoms with Crippen molar-refractivity contribution in [2.75, 3.05) is 12.3 Å².